The third-order valence-corrected chi connectivity index (χ3v) is 4.68. The molecule has 146 valence electrons. The molecule has 1 N–H and O–H groups in total. The summed E-state index contributed by atoms with van der Waals surface area (Å²) in [5, 5.41) is 9.51. The lowest BCUT2D eigenvalue weighted by molar-refractivity contribution is -0.137. The minimum atomic E-state index is -0.757. The summed E-state index contributed by atoms with van der Waals surface area (Å²) in [7, 11) is 0. The van der Waals surface area contributed by atoms with Crippen molar-refractivity contribution in [3.8, 4) is 17.2 Å². The fourth-order valence-electron chi connectivity index (χ4n) is 3.05. The molecule has 1 aliphatic heterocycles. The second kappa shape index (κ2) is 10.4. The minimum Gasteiger partial charge on any atom is -0.492 e. The third-order valence-electron chi connectivity index (χ3n) is 4.43. The van der Waals surface area contributed by atoms with Crippen LogP contribution >= 0.6 is 24.0 Å². The largest absolute Gasteiger partial charge is 0.492 e. The quantitative estimate of drug-likeness (QED) is 0.670. The first-order valence-electron chi connectivity index (χ1n) is 8.72. The standard InChI is InChI=1S/C20H22ClNO4.ClH/c21-15-3-5-18(6-4-15)26-19-9-7-17(8-10-19)25-14-16-2-1-12-22(16)13-11-20(23)24;/h3-10,16H,1-2,11-14H2,(H,23,24);1H/t16-;/m1./s1. The molecule has 1 atom stereocenters. The topological polar surface area (TPSA) is 59.0 Å². The molecular formula is C20H23Cl2NO4. The van der Waals surface area contributed by atoms with E-state index in [-0.39, 0.29) is 24.9 Å². The van der Waals surface area contributed by atoms with Gasteiger partial charge in [0.1, 0.15) is 23.9 Å². The summed E-state index contributed by atoms with van der Waals surface area (Å²) in [6.07, 6.45) is 2.30. The molecule has 0 radical (unpaired) electrons. The lowest BCUT2D eigenvalue weighted by Crippen LogP contribution is -2.35. The van der Waals surface area contributed by atoms with Gasteiger partial charge in [-0.25, -0.2) is 0 Å². The van der Waals surface area contributed by atoms with Crippen molar-refractivity contribution in [1.29, 1.82) is 0 Å². The van der Waals surface area contributed by atoms with Crippen LogP contribution in [0.1, 0.15) is 19.3 Å². The molecule has 0 aromatic heterocycles. The molecule has 27 heavy (non-hydrogen) atoms. The molecular weight excluding hydrogens is 389 g/mol. The van der Waals surface area contributed by atoms with Gasteiger partial charge in [-0.1, -0.05) is 11.6 Å². The van der Waals surface area contributed by atoms with Crippen LogP contribution in [0.4, 0.5) is 0 Å². The lowest BCUT2D eigenvalue weighted by atomic mass is 10.2. The van der Waals surface area contributed by atoms with Crippen molar-refractivity contribution in [3.63, 3.8) is 0 Å². The average molecular weight is 412 g/mol. The maximum Gasteiger partial charge on any atom is 0.304 e. The van der Waals surface area contributed by atoms with Crippen molar-refractivity contribution < 1.29 is 19.4 Å². The van der Waals surface area contributed by atoms with Crippen LogP contribution < -0.4 is 9.47 Å². The van der Waals surface area contributed by atoms with E-state index in [0.717, 1.165) is 36.6 Å². The van der Waals surface area contributed by atoms with E-state index in [2.05, 4.69) is 4.90 Å². The predicted octanol–water partition coefficient (Wildman–Crippen LogP) is 4.87. The van der Waals surface area contributed by atoms with Crippen molar-refractivity contribution in [2.24, 2.45) is 0 Å². The van der Waals surface area contributed by atoms with Crippen LogP contribution in [0.25, 0.3) is 0 Å². The molecule has 0 amide bonds. The van der Waals surface area contributed by atoms with Crippen molar-refractivity contribution in [2.75, 3.05) is 19.7 Å². The first kappa shape index (κ1) is 21.4. The Kier molecular flexibility index (Phi) is 8.23. The minimum absolute atomic E-state index is 0. The molecule has 0 bridgehead atoms. The SMILES string of the molecule is Cl.O=C(O)CCN1CCC[C@@H]1COc1ccc(Oc2ccc(Cl)cc2)cc1. The van der Waals surface area contributed by atoms with E-state index in [4.69, 9.17) is 26.2 Å². The lowest BCUT2D eigenvalue weighted by Gasteiger charge is -2.23. The Balaban J connectivity index is 0.00000261. The van der Waals surface area contributed by atoms with Crippen LogP contribution in [0.2, 0.25) is 5.02 Å². The second-order valence-corrected chi connectivity index (χ2v) is 6.75. The molecule has 7 heteroatoms. The van der Waals surface area contributed by atoms with E-state index in [0.29, 0.717) is 18.2 Å². The van der Waals surface area contributed by atoms with E-state index >= 15 is 0 Å². The number of benzene rings is 2. The van der Waals surface area contributed by atoms with Crippen molar-refractivity contribution in [2.45, 2.75) is 25.3 Å². The van der Waals surface area contributed by atoms with Crippen LogP contribution in [-0.2, 0) is 4.79 Å². The molecule has 3 rings (SSSR count). The summed E-state index contributed by atoms with van der Waals surface area (Å²) in [5.41, 5.74) is 0. The van der Waals surface area contributed by atoms with E-state index in [1.807, 2.05) is 36.4 Å². The number of carbonyl (C=O) groups is 1. The monoisotopic (exact) mass is 411 g/mol. The number of carboxylic acid groups (broad SMARTS) is 1. The molecule has 1 fully saturated rings. The fraction of sp³-hybridized carbons (Fsp3) is 0.350. The molecule has 0 aliphatic carbocycles. The van der Waals surface area contributed by atoms with Gasteiger partial charge in [0.2, 0.25) is 0 Å². The molecule has 2 aromatic carbocycles. The Morgan fingerprint density at radius 3 is 2.30 bits per heavy atom. The van der Waals surface area contributed by atoms with Crippen molar-refractivity contribution >= 4 is 30.0 Å². The number of aliphatic carboxylic acids is 1. The van der Waals surface area contributed by atoms with Crippen LogP contribution in [0.5, 0.6) is 17.2 Å². The highest BCUT2D eigenvalue weighted by Crippen LogP contribution is 2.26. The van der Waals surface area contributed by atoms with Crippen molar-refractivity contribution in [3.05, 3.63) is 53.6 Å². The zero-order valence-corrected chi connectivity index (χ0v) is 16.4. The zero-order valence-electron chi connectivity index (χ0n) is 14.8. The highest BCUT2D eigenvalue weighted by atomic mass is 35.5. The highest BCUT2D eigenvalue weighted by molar-refractivity contribution is 6.30. The van der Waals surface area contributed by atoms with Gasteiger partial charge < -0.3 is 14.6 Å². The number of halogens is 2. The molecule has 1 aliphatic rings. The Labute approximate surface area is 170 Å². The molecule has 0 saturated carbocycles. The number of carboxylic acids is 1. The summed E-state index contributed by atoms with van der Waals surface area (Å²) >= 11 is 5.86. The second-order valence-electron chi connectivity index (χ2n) is 6.31. The van der Waals surface area contributed by atoms with Gasteiger partial charge in [0.15, 0.2) is 0 Å². The molecule has 0 spiro atoms. The van der Waals surface area contributed by atoms with E-state index in [1.54, 1.807) is 12.1 Å². The molecule has 1 saturated heterocycles. The number of hydrogen-bond donors (Lipinski definition) is 1. The van der Waals surface area contributed by atoms with Gasteiger partial charge in [0.25, 0.3) is 0 Å². The summed E-state index contributed by atoms with van der Waals surface area (Å²) in [4.78, 5) is 12.9. The summed E-state index contributed by atoms with van der Waals surface area (Å²) in [6, 6.07) is 15.0. The Morgan fingerprint density at radius 2 is 1.67 bits per heavy atom. The van der Waals surface area contributed by atoms with Crippen LogP contribution in [0.15, 0.2) is 48.5 Å². The van der Waals surface area contributed by atoms with Crippen molar-refractivity contribution in [1.82, 2.24) is 4.90 Å². The average Bonchev–Trinajstić information content (AvgIpc) is 3.09. The first-order valence-corrected chi connectivity index (χ1v) is 9.10. The maximum absolute atomic E-state index is 10.7. The van der Waals surface area contributed by atoms with Gasteiger partial charge in [-0.15, -0.1) is 12.4 Å². The highest BCUT2D eigenvalue weighted by Gasteiger charge is 2.25. The van der Waals surface area contributed by atoms with Gasteiger partial charge in [0, 0.05) is 17.6 Å². The Hall–Kier alpha value is -1.95. The molecule has 5 nitrogen and oxygen atoms in total. The summed E-state index contributed by atoms with van der Waals surface area (Å²) < 4.78 is 11.6. The van der Waals surface area contributed by atoms with Crippen LogP contribution in [0.3, 0.4) is 0 Å². The normalized spacial score (nSPS) is 16.6. The molecule has 2 aromatic rings. The third kappa shape index (κ3) is 6.61. The number of ether oxygens (including phenoxy) is 2. The zero-order chi connectivity index (χ0) is 18.4. The maximum atomic E-state index is 10.7. The Morgan fingerprint density at radius 1 is 1.07 bits per heavy atom. The van der Waals surface area contributed by atoms with Crippen LogP contribution in [0, 0.1) is 0 Å². The fourth-order valence-corrected chi connectivity index (χ4v) is 3.18. The van der Waals surface area contributed by atoms with Gasteiger partial charge >= 0.3 is 5.97 Å². The van der Waals surface area contributed by atoms with E-state index in [1.165, 1.54) is 0 Å². The summed E-state index contributed by atoms with van der Waals surface area (Å²) in [6.45, 7) is 2.09. The summed E-state index contributed by atoms with van der Waals surface area (Å²) in [5.74, 6) is 1.47. The van der Waals surface area contributed by atoms with E-state index < -0.39 is 5.97 Å². The molecule has 0 unspecified atom stereocenters. The smallest absolute Gasteiger partial charge is 0.304 e. The number of rotatable bonds is 8. The number of nitrogens with zero attached hydrogens (tertiary/aromatic N) is 1. The Bertz CT molecular complexity index is 722. The first-order chi connectivity index (χ1) is 12.6. The van der Waals surface area contributed by atoms with Crippen LogP contribution in [-0.4, -0.2) is 41.7 Å². The number of hydrogen-bond acceptors (Lipinski definition) is 4. The van der Waals surface area contributed by atoms with Gasteiger partial charge in [-0.2, -0.15) is 0 Å². The molecule has 1 heterocycles. The number of likely N-dealkylation sites (tertiary alicyclic amines) is 1. The van der Waals surface area contributed by atoms with Gasteiger partial charge in [-0.05, 0) is 67.9 Å². The van der Waals surface area contributed by atoms with Gasteiger partial charge in [0.05, 0.1) is 6.42 Å². The predicted molar refractivity (Wildman–Crippen MR) is 108 cm³/mol. The van der Waals surface area contributed by atoms with Gasteiger partial charge in [-0.3, -0.25) is 9.69 Å². The van der Waals surface area contributed by atoms with E-state index in [9.17, 15) is 4.79 Å².